The molecule has 1 aromatic carbocycles. The lowest BCUT2D eigenvalue weighted by molar-refractivity contribution is 0.244. The average molecular weight is 232 g/mol. The summed E-state index contributed by atoms with van der Waals surface area (Å²) in [6.07, 6.45) is 0.729. The van der Waals surface area contributed by atoms with Crippen LogP contribution in [0.4, 0.5) is 4.39 Å². The number of rotatable bonds is 5. The highest BCUT2D eigenvalue weighted by atomic mass is 35.5. The molecule has 0 saturated carbocycles. The van der Waals surface area contributed by atoms with E-state index in [0.717, 1.165) is 18.5 Å². The van der Waals surface area contributed by atoms with Crippen LogP contribution >= 0.6 is 11.6 Å². The monoisotopic (exact) mass is 231 g/mol. The molecule has 0 unspecified atom stereocenters. The summed E-state index contributed by atoms with van der Waals surface area (Å²) in [5, 5.41) is 8.81. The van der Waals surface area contributed by atoms with Crippen molar-refractivity contribution < 1.29 is 9.50 Å². The van der Waals surface area contributed by atoms with Gasteiger partial charge in [0.2, 0.25) is 0 Å². The second kappa shape index (κ2) is 6.05. The third-order valence-electron chi connectivity index (χ3n) is 2.13. The maximum atomic E-state index is 13.1. The van der Waals surface area contributed by atoms with E-state index in [9.17, 15) is 4.39 Å². The molecule has 0 aliphatic heterocycles. The van der Waals surface area contributed by atoms with E-state index in [1.165, 1.54) is 6.07 Å². The Morgan fingerprint density at radius 2 is 2.20 bits per heavy atom. The van der Waals surface area contributed by atoms with E-state index in [1.54, 1.807) is 12.1 Å². The number of nitrogens with zero attached hydrogens (tertiary/aromatic N) is 1. The average Bonchev–Trinajstić information content (AvgIpc) is 2.20. The Balaban J connectivity index is 2.53. The Bertz CT molecular complexity index is 319. The molecule has 1 aromatic rings. The molecule has 84 valence electrons. The smallest absolute Gasteiger partial charge is 0.142 e. The molecule has 4 heteroatoms. The van der Waals surface area contributed by atoms with Crippen molar-refractivity contribution in [3.63, 3.8) is 0 Å². The predicted octanol–water partition coefficient (Wildman–Crippen LogP) is 2.29. The molecule has 0 atom stereocenters. The maximum absolute atomic E-state index is 13.1. The number of halogens is 2. The van der Waals surface area contributed by atoms with Crippen molar-refractivity contribution in [3.8, 4) is 0 Å². The fourth-order valence-electron chi connectivity index (χ4n) is 1.37. The first-order chi connectivity index (χ1) is 7.13. The lowest BCUT2D eigenvalue weighted by atomic mass is 10.2. The van der Waals surface area contributed by atoms with Crippen LogP contribution in [0.5, 0.6) is 0 Å². The Morgan fingerprint density at radius 3 is 2.80 bits per heavy atom. The van der Waals surface area contributed by atoms with Crippen LogP contribution in [-0.2, 0) is 6.54 Å². The van der Waals surface area contributed by atoms with Gasteiger partial charge in [-0.05, 0) is 31.2 Å². The molecule has 0 fully saturated rings. The third-order valence-corrected chi connectivity index (χ3v) is 2.44. The van der Waals surface area contributed by atoms with E-state index in [1.807, 2.05) is 11.9 Å². The quantitative estimate of drug-likeness (QED) is 0.841. The highest BCUT2D eigenvalue weighted by Gasteiger charge is 2.03. The molecule has 1 N–H and O–H groups in total. The van der Waals surface area contributed by atoms with Gasteiger partial charge in [-0.15, -0.1) is 0 Å². The van der Waals surface area contributed by atoms with Crippen molar-refractivity contribution in [2.24, 2.45) is 0 Å². The Kier molecular flexibility index (Phi) is 5.02. The Hall–Kier alpha value is -0.640. The molecule has 2 nitrogen and oxygen atoms in total. The van der Waals surface area contributed by atoms with E-state index in [-0.39, 0.29) is 17.4 Å². The molecule has 0 heterocycles. The van der Waals surface area contributed by atoms with E-state index in [2.05, 4.69) is 0 Å². The Morgan fingerprint density at radius 1 is 1.47 bits per heavy atom. The normalized spacial score (nSPS) is 11.0. The van der Waals surface area contributed by atoms with Crippen LogP contribution in [0.25, 0.3) is 0 Å². The van der Waals surface area contributed by atoms with Gasteiger partial charge in [-0.25, -0.2) is 4.39 Å². The number of hydrogen-bond acceptors (Lipinski definition) is 2. The van der Waals surface area contributed by atoms with Crippen LogP contribution in [0.1, 0.15) is 12.0 Å². The highest BCUT2D eigenvalue weighted by molar-refractivity contribution is 6.30. The molecule has 1 rings (SSSR count). The molecular formula is C11H15ClFNO. The van der Waals surface area contributed by atoms with E-state index in [0.29, 0.717) is 6.54 Å². The zero-order valence-electron chi connectivity index (χ0n) is 8.71. The lowest BCUT2D eigenvalue weighted by Crippen LogP contribution is -2.19. The molecule has 0 bridgehead atoms. The minimum Gasteiger partial charge on any atom is -0.396 e. The molecule has 0 aromatic heterocycles. The van der Waals surface area contributed by atoms with Crippen LogP contribution < -0.4 is 0 Å². The molecule has 0 radical (unpaired) electrons. The van der Waals surface area contributed by atoms with Crippen LogP contribution in [0.3, 0.4) is 0 Å². The summed E-state index contributed by atoms with van der Waals surface area (Å²) in [4.78, 5) is 2.03. The van der Waals surface area contributed by atoms with E-state index < -0.39 is 0 Å². The summed E-state index contributed by atoms with van der Waals surface area (Å²) in [5.41, 5.74) is 0.886. The summed E-state index contributed by atoms with van der Waals surface area (Å²) in [7, 11) is 1.93. The molecule has 0 amide bonds. The standard InChI is InChI=1S/C11H15ClFNO/c1-14(5-2-6-15)8-9-3-4-10(12)11(13)7-9/h3-4,7,15H,2,5-6,8H2,1H3. The number of benzene rings is 1. The topological polar surface area (TPSA) is 23.5 Å². The zero-order valence-corrected chi connectivity index (χ0v) is 9.47. The summed E-state index contributed by atoms with van der Waals surface area (Å²) < 4.78 is 13.1. The number of hydrogen-bond donors (Lipinski definition) is 1. The van der Waals surface area contributed by atoms with E-state index >= 15 is 0 Å². The molecule has 0 saturated heterocycles. The first-order valence-corrected chi connectivity index (χ1v) is 5.24. The molecule has 0 aliphatic carbocycles. The van der Waals surface area contributed by atoms with Gasteiger partial charge in [0, 0.05) is 19.7 Å². The van der Waals surface area contributed by atoms with Gasteiger partial charge in [0.05, 0.1) is 5.02 Å². The van der Waals surface area contributed by atoms with Crippen molar-refractivity contribution in [2.75, 3.05) is 20.2 Å². The first kappa shape index (κ1) is 12.4. The van der Waals surface area contributed by atoms with Gasteiger partial charge in [0.15, 0.2) is 0 Å². The third kappa shape index (κ3) is 4.16. The van der Waals surface area contributed by atoms with Crippen LogP contribution in [0.15, 0.2) is 18.2 Å². The van der Waals surface area contributed by atoms with Crippen molar-refractivity contribution in [1.29, 1.82) is 0 Å². The number of aliphatic hydroxyl groups is 1. The summed E-state index contributed by atoms with van der Waals surface area (Å²) in [6.45, 7) is 1.63. The SMILES string of the molecule is CN(CCCO)Cc1ccc(Cl)c(F)c1. The second-order valence-electron chi connectivity index (χ2n) is 3.56. The molecule has 0 spiro atoms. The molecule has 0 aliphatic rings. The van der Waals surface area contributed by atoms with Gasteiger partial charge < -0.3 is 10.0 Å². The van der Waals surface area contributed by atoms with Gasteiger partial charge in [-0.1, -0.05) is 17.7 Å². The highest BCUT2D eigenvalue weighted by Crippen LogP contribution is 2.16. The lowest BCUT2D eigenvalue weighted by Gasteiger charge is -2.15. The van der Waals surface area contributed by atoms with Gasteiger partial charge in [-0.2, -0.15) is 0 Å². The van der Waals surface area contributed by atoms with Crippen molar-refractivity contribution in [2.45, 2.75) is 13.0 Å². The van der Waals surface area contributed by atoms with Crippen molar-refractivity contribution in [1.82, 2.24) is 4.90 Å². The first-order valence-electron chi connectivity index (χ1n) is 4.87. The zero-order chi connectivity index (χ0) is 11.3. The number of aliphatic hydroxyl groups excluding tert-OH is 1. The van der Waals surface area contributed by atoms with Crippen LogP contribution in [-0.4, -0.2) is 30.2 Å². The summed E-state index contributed by atoms with van der Waals surface area (Å²) >= 11 is 5.58. The largest absolute Gasteiger partial charge is 0.396 e. The summed E-state index contributed by atoms with van der Waals surface area (Å²) in [5.74, 6) is -0.385. The predicted molar refractivity (Wildman–Crippen MR) is 59.4 cm³/mol. The second-order valence-corrected chi connectivity index (χ2v) is 3.97. The van der Waals surface area contributed by atoms with Crippen molar-refractivity contribution in [3.05, 3.63) is 34.6 Å². The maximum Gasteiger partial charge on any atom is 0.142 e. The van der Waals surface area contributed by atoms with Gasteiger partial charge in [0.1, 0.15) is 5.82 Å². The molecular weight excluding hydrogens is 217 g/mol. The fourth-order valence-corrected chi connectivity index (χ4v) is 1.49. The van der Waals surface area contributed by atoms with Gasteiger partial charge in [-0.3, -0.25) is 0 Å². The van der Waals surface area contributed by atoms with Gasteiger partial charge in [0.25, 0.3) is 0 Å². The Labute approximate surface area is 94.3 Å². The summed E-state index contributed by atoms with van der Waals surface area (Å²) in [6, 6.07) is 4.81. The molecule has 15 heavy (non-hydrogen) atoms. The van der Waals surface area contributed by atoms with Crippen LogP contribution in [0, 0.1) is 5.82 Å². The fraction of sp³-hybridized carbons (Fsp3) is 0.455. The van der Waals surface area contributed by atoms with Crippen molar-refractivity contribution >= 4 is 11.6 Å². The minimum atomic E-state index is -0.385. The van der Waals surface area contributed by atoms with Gasteiger partial charge >= 0.3 is 0 Å². The van der Waals surface area contributed by atoms with Crippen LogP contribution in [0.2, 0.25) is 5.02 Å². The minimum absolute atomic E-state index is 0.150. The van der Waals surface area contributed by atoms with E-state index in [4.69, 9.17) is 16.7 Å².